The van der Waals surface area contributed by atoms with E-state index in [1.165, 1.54) is 16.2 Å². The molecule has 3 rings (SSSR count). The number of carbonyl (C=O) groups is 2. The summed E-state index contributed by atoms with van der Waals surface area (Å²) in [5.41, 5.74) is 0.796. The molecule has 0 aliphatic carbocycles. The Morgan fingerprint density at radius 1 is 1.22 bits per heavy atom. The number of hydrogen-bond donors (Lipinski definition) is 1. The maximum Gasteiger partial charge on any atom is 0.290 e. The lowest BCUT2D eigenvalue weighted by Crippen LogP contribution is -2.31. The van der Waals surface area contributed by atoms with Crippen LogP contribution in [0.25, 0.3) is 0 Å². The van der Waals surface area contributed by atoms with Crippen molar-refractivity contribution >= 4 is 23.0 Å². The molecule has 2 aromatic rings. The Hall–Kier alpha value is -3.12. The minimum Gasteiger partial charge on any atom is -0.503 e. The van der Waals surface area contributed by atoms with Crippen LogP contribution in [0.5, 0.6) is 5.75 Å². The van der Waals surface area contributed by atoms with Gasteiger partial charge in [0.05, 0.1) is 16.5 Å². The molecule has 1 aliphatic heterocycles. The maximum absolute atomic E-state index is 13.0. The first-order valence-corrected chi connectivity index (χ1v) is 9.23. The average Bonchev–Trinajstić information content (AvgIpc) is 3.30. The summed E-state index contributed by atoms with van der Waals surface area (Å²) in [6.07, 6.45) is 3.21. The fourth-order valence-corrected chi connectivity index (χ4v) is 3.68. The molecule has 1 amide bonds. The van der Waals surface area contributed by atoms with E-state index in [1.54, 1.807) is 53.9 Å². The number of amides is 1. The Bertz CT molecular complexity index is 897. The van der Waals surface area contributed by atoms with Gasteiger partial charge in [0.25, 0.3) is 5.91 Å². The molecule has 0 saturated carbocycles. The molecule has 1 aromatic carbocycles. The number of ketones is 1. The van der Waals surface area contributed by atoms with Crippen molar-refractivity contribution < 1.29 is 19.4 Å². The molecule has 138 valence electrons. The standard InChI is InChI=1S/C21H19NO4S/c1-3-11-22-18(14-7-9-15(10-8-14)26-12-4-2)17(20(24)21(22)25)19(23)16-6-5-13-27-16/h3-10,13,18,24H,1-2,11-12H2. The van der Waals surface area contributed by atoms with Crippen molar-refractivity contribution in [3.05, 3.63) is 88.9 Å². The Balaban J connectivity index is 2.01. The highest BCUT2D eigenvalue weighted by Crippen LogP contribution is 2.39. The van der Waals surface area contributed by atoms with E-state index >= 15 is 0 Å². The minimum atomic E-state index is -0.682. The van der Waals surface area contributed by atoms with E-state index in [4.69, 9.17) is 4.74 Å². The largest absolute Gasteiger partial charge is 0.503 e. The van der Waals surface area contributed by atoms with Crippen molar-refractivity contribution in [2.24, 2.45) is 0 Å². The number of rotatable bonds is 8. The number of aliphatic hydroxyl groups is 1. The topological polar surface area (TPSA) is 66.8 Å². The van der Waals surface area contributed by atoms with Crippen LogP contribution in [0.15, 0.2) is 78.4 Å². The number of benzene rings is 1. The van der Waals surface area contributed by atoms with Crippen molar-refractivity contribution in [3.63, 3.8) is 0 Å². The van der Waals surface area contributed by atoms with Crippen LogP contribution in [0.1, 0.15) is 21.3 Å². The number of ether oxygens (including phenoxy) is 1. The predicted molar refractivity (Wildman–Crippen MR) is 105 cm³/mol. The third-order valence-electron chi connectivity index (χ3n) is 4.18. The van der Waals surface area contributed by atoms with Gasteiger partial charge in [-0.15, -0.1) is 17.9 Å². The maximum atomic E-state index is 13.0. The number of hydrogen-bond acceptors (Lipinski definition) is 5. The fraction of sp³-hybridized carbons (Fsp3) is 0.143. The molecule has 0 spiro atoms. The molecule has 0 bridgehead atoms. The SMILES string of the molecule is C=CCOc1ccc(C2C(C(=O)c3cccs3)=C(O)C(=O)N2CC=C)cc1. The van der Waals surface area contributed by atoms with E-state index in [0.29, 0.717) is 22.8 Å². The number of carbonyl (C=O) groups excluding carboxylic acids is 2. The Morgan fingerprint density at radius 3 is 2.56 bits per heavy atom. The van der Waals surface area contributed by atoms with Gasteiger partial charge in [-0.25, -0.2) is 0 Å². The van der Waals surface area contributed by atoms with E-state index in [1.807, 2.05) is 0 Å². The van der Waals surface area contributed by atoms with E-state index in [9.17, 15) is 14.7 Å². The summed E-state index contributed by atoms with van der Waals surface area (Å²) in [6.45, 7) is 7.87. The molecule has 0 fully saturated rings. The lowest BCUT2D eigenvalue weighted by Gasteiger charge is -2.25. The lowest BCUT2D eigenvalue weighted by atomic mass is 9.95. The van der Waals surface area contributed by atoms with Crippen molar-refractivity contribution in [2.75, 3.05) is 13.2 Å². The summed E-state index contributed by atoms with van der Waals surface area (Å²) >= 11 is 1.27. The molecule has 1 unspecified atom stereocenters. The van der Waals surface area contributed by atoms with Crippen LogP contribution in [0.4, 0.5) is 0 Å². The normalized spacial score (nSPS) is 16.5. The summed E-state index contributed by atoms with van der Waals surface area (Å²) in [4.78, 5) is 27.4. The predicted octanol–water partition coefficient (Wildman–Crippen LogP) is 4.08. The Kier molecular flexibility index (Phi) is 5.57. The number of aliphatic hydroxyl groups excluding tert-OH is 1. The molecule has 0 radical (unpaired) electrons. The van der Waals surface area contributed by atoms with Crippen LogP contribution in [0.2, 0.25) is 0 Å². The molecule has 1 aromatic heterocycles. The quantitative estimate of drug-likeness (QED) is 0.553. The molecule has 1 aliphatic rings. The molecule has 1 atom stereocenters. The summed E-state index contributed by atoms with van der Waals surface area (Å²) in [5.74, 6) is -0.781. The molecular formula is C21H19NO4S. The first-order chi connectivity index (χ1) is 13.1. The van der Waals surface area contributed by atoms with Gasteiger partial charge in [0.2, 0.25) is 5.78 Å². The molecule has 27 heavy (non-hydrogen) atoms. The molecule has 0 saturated heterocycles. The summed E-state index contributed by atoms with van der Waals surface area (Å²) < 4.78 is 5.48. The van der Waals surface area contributed by atoms with Crippen LogP contribution >= 0.6 is 11.3 Å². The molecular weight excluding hydrogens is 362 g/mol. The molecule has 6 heteroatoms. The average molecular weight is 381 g/mol. The number of thiophene rings is 1. The number of nitrogens with zero attached hydrogens (tertiary/aromatic N) is 1. The van der Waals surface area contributed by atoms with Crippen LogP contribution < -0.4 is 4.74 Å². The van der Waals surface area contributed by atoms with Gasteiger partial charge in [-0.05, 0) is 29.1 Å². The molecule has 1 N–H and O–H groups in total. The fourth-order valence-electron chi connectivity index (χ4n) is 3.00. The monoisotopic (exact) mass is 381 g/mol. The highest BCUT2D eigenvalue weighted by atomic mass is 32.1. The van der Waals surface area contributed by atoms with Crippen molar-refractivity contribution in [3.8, 4) is 5.75 Å². The third kappa shape index (κ3) is 3.57. The summed E-state index contributed by atoms with van der Waals surface area (Å²) in [6, 6.07) is 9.85. The third-order valence-corrected chi connectivity index (χ3v) is 5.05. The van der Waals surface area contributed by atoms with Gasteiger partial charge in [-0.1, -0.05) is 36.9 Å². The zero-order chi connectivity index (χ0) is 19.4. The number of Topliss-reactive ketones (excluding diaryl/α,β-unsaturated/α-hetero) is 1. The van der Waals surface area contributed by atoms with Gasteiger partial charge >= 0.3 is 0 Å². The van der Waals surface area contributed by atoms with Gasteiger partial charge in [-0.2, -0.15) is 0 Å². The van der Waals surface area contributed by atoms with Crippen molar-refractivity contribution in [1.29, 1.82) is 0 Å². The van der Waals surface area contributed by atoms with Crippen LogP contribution in [0, 0.1) is 0 Å². The van der Waals surface area contributed by atoms with E-state index < -0.39 is 17.7 Å². The van der Waals surface area contributed by atoms with Gasteiger partial charge in [-0.3, -0.25) is 9.59 Å². The van der Waals surface area contributed by atoms with Gasteiger partial charge in [0.1, 0.15) is 12.4 Å². The minimum absolute atomic E-state index is 0.0871. The van der Waals surface area contributed by atoms with E-state index in [2.05, 4.69) is 13.2 Å². The summed E-state index contributed by atoms with van der Waals surface area (Å²) in [7, 11) is 0. The van der Waals surface area contributed by atoms with Gasteiger partial charge < -0.3 is 14.7 Å². The Morgan fingerprint density at radius 2 is 1.96 bits per heavy atom. The second kappa shape index (κ2) is 8.05. The lowest BCUT2D eigenvalue weighted by molar-refractivity contribution is -0.128. The van der Waals surface area contributed by atoms with Crippen molar-refractivity contribution in [2.45, 2.75) is 6.04 Å². The molecule has 2 heterocycles. The second-order valence-corrected chi connectivity index (χ2v) is 6.83. The van der Waals surface area contributed by atoms with Crippen molar-refractivity contribution in [1.82, 2.24) is 4.90 Å². The zero-order valence-corrected chi connectivity index (χ0v) is 15.4. The first kappa shape index (κ1) is 18.7. The Labute approximate surface area is 161 Å². The first-order valence-electron chi connectivity index (χ1n) is 8.35. The van der Waals surface area contributed by atoms with Crippen LogP contribution in [-0.4, -0.2) is 34.8 Å². The zero-order valence-electron chi connectivity index (χ0n) is 14.6. The van der Waals surface area contributed by atoms with E-state index in [-0.39, 0.29) is 17.9 Å². The molecule has 5 nitrogen and oxygen atoms in total. The summed E-state index contributed by atoms with van der Waals surface area (Å²) in [5, 5.41) is 12.2. The second-order valence-electron chi connectivity index (χ2n) is 5.89. The van der Waals surface area contributed by atoms with Gasteiger partial charge in [0.15, 0.2) is 5.76 Å². The van der Waals surface area contributed by atoms with Gasteiger partial charge in [0, 0.05) is 6.54 Å². The van der Waals surface area contributed by atoms with Crippen LogP contribution in [-0.2, 0) is 4.79 Å². The highest BCUT2D eigenvalue weighted by Gasteiger charge is 2.43. The highest BCUT2D eigenvalue weighted by molar-refractivity contribution is 7.12. The smallest absolute Gasteiger partial charge is 0.290 e. The van der Waals surface area contributed by atoms with Crippen LogP contribution in [0.3, 0.4) is 0 Å². The van der Waals surface area contributed by atoms with E-state index in [0.717, 1.165) is 0 Å².